The topological polar surface area (TPSA) is 52.6 Å². The van der Waals surface area contributed by atoms with Gasteiger partial charge in [0.15, 0.2) is 0 Å². The number of carbonyl (C=O) groups excluding carboxylic acids is 2. The summed E-state index contributed by atoms with van der Waals surface area (Å²) in [5.74, 6) is -0.202. The van der Waals surface area contributed by atoms with Gasteiger partial charge in [-0.25, -0.2) is 0 Å². The lowest BCUT2D eigenvalue weighted by molar-refractivity contribution is -0.152. The third kappa shape index (κ3) is 15.7. The van der Waals surface area contributed by atoms with Crippen LogP contribution in [0.15, 0.2) is 0 Å². The van der Waals surface area contributed by atoms with Gasteiger partial charge in [0.25, 0.3) is 0 Å². The van der Waals surface area contributed by atoms with Gasteiger partial charge in [0.2, 0.25) is 0 Å². The van der Waals surface area contributed by atoms with Crippen molar-refractivity contribution in [2.24, 2.45) is 5.92 Å². The van der Waals surface area contributed by atoms with Crippen molar-refractivity contribution in [1.82, 2.24) is 0 Å². The average molecular weight is 453 g/mol. The summed E-state index contributed by atoms with van der Waals surface area (Å²) in [5, 5.41) is 0. The van der Waals surface area contributed by atoms with Gasteiger partial charge in [0, 0.05) is 6.42 Å². The second-order valence-corrected chi connectivity index (χ2v) is 9.83. The molecule has 0 radical (unpaired) electrons. The van der Waals surface area contributed by atoms with E-state index in [1.54, 1.807) is 0 Å². The van der Waals surface area contributed by atoms with E-state index < -0.39 is 0 Å². The molecule has 1 aliphatic carbocycles. The van der Waals surface area contributed by atoms with E-state index in [9.17, 15) is 9.59 Å². The number of unbranched alkanes of at least 4 members (excludes halogenated alkanes) is 10. The zero-order valence-electron chi connectivity index (χ0n) is 21.3. The standard InChI is InChI=1S/C28H52O4/c1-3-5-7-9-11-14-19-25(28(30)31-24-17-12-10-8-6-4-2)20-18-23-27(29)32-26-21-15-13-16-22-26/h25-26H,3-24H2,1-2H3. The van der Waals surface area contributed by atoms with E-state index >= 15 is 0 Å². The van der Waals surface area contributed by atoms with E-state index in [0.717, 1.165) is 51.4 Å². The van der Waals surface area contributed by atoms with Crippen molar-refractivity contribution in [3.8, 4) is 0 Å². The smallest absolute Gasteiger partial charge is 0.308 e. The molecule has 0 heterocycles. The largest absolute Gasteiger partial charge is 0.465 e. The molecule has 1 saturated carbocycles. The minimum absolute atomic E-state index is 0.0484. The van der Waals surface area contributed by atoms with Crippen LogP contribution >= 0.6 is 0 Å². The first kappa shape index (κ1) is 29.0. The number of esters is 2. The monoisotopic (exact) mass is 452 g/mol. The zero-order chi connectivity index (χ0) is 23.3. The molecule has 188 valence electrons. The number of hydrogen-bond donors (Lipinski definition) is 0. The summed E-state index contributed by atoms with van der Waals surface area (Å²) in [5.41, 5.74) is 0. The zero-order valence-corrected chi connectivity index (χ0v) is 21.3. The Kier molecular flexibility index (Phi) is 18.6. The van der Waals surface area contributed by atoms with Gasteiger partial charge in [-0.15, -0.1) is 0 Å². The van der Waals surface area contributed by atoms with Gasteiger partial charge >= 0.3 is 11.9 Å². The molecule has 0 aromatic carbocycles. The Morgan fingerprint density at radius 2 is 1.28 bits per heavy atom. The van der Waals surface area contributed by atoms with Crippen molar-refractivity contribution in [3.63, 3.8) is 0 Å². The molecule has 1 atom stereocenters. The molecule has 0 aromatic heterocycles. The minimum atomic E-state index is -0.0873. The van der Waals surface area contributed by atoms with Crippen LogP contribution < -0.4 is 0 Å². The van der Waals surface area contributed by atoms with E-state index in [2.05, 4.69) is 13.8 Å². The van der Waals surface area contributed by atoms with Crippen molar-refractivity contribution in [3.05, 3.63) is 0 Å². The molecule has 0 aromatic rings. The fraction of sp³-hybridized carbons (Fsp3) is 0.929. The molecule has 1 fully saturated rings. The highest BCUT2D eigenvalue weighted by atomic mass is 16.5. The van der Waals surface area contributed by atoms with Crippen LogP contribution in [0, 0.1) is 5.92 Å². The predicted octanol–water partition coefficient (Wildman–Crippen LogP) is 8.30. The van der Waals surface area contributed by atoms with Crippen LogP contribution in [-0.2, 0) is 19.1 Å². The molecule has 1 rings (SSSR count). The molecule has 32 heavy (non-hydrogen) atoms. The summed E-state index contributed by atoms with van der Waals surface area (Å²) >= 11 is 0. The number of ether oxygens (including phenoxy) is 2. The van der Waals surface area contributed by atoms with Crippen LogP contribution in [0.4, 0.5) is 0 Å². The molecule has 4 heteroatoms. The van der Waals surface area contributed by atoms with E-state index in [4.69, 9.17) is 9.47 Å². The summed E-state index contributed by atoms with van der Waals surface area (Å²) < 4.78 is 11.3. The van der Waals surface area contributed by atoms with Crippen LogP contribution in [0.1, 0.15) is 149 Å². The van der Waals surface area contributed by atoms with Crippen LogP contribution in [0.5, 0.6) is 0 Å². The summed E-state index contributed by atoms with van der Waals surface area (Å²) in [7, 11) is 0. The summed E-state index contributed by atoms with van der Waals surface area (Å²) in [4.78, 5) is 24.9. The molecule has 0 spiro atoms. The first-order chi connectivity index (χ1) is 15.7. The highest BCUT2D eigenvalue weighted by Gasteiger charge is 2.21. The molecule has 1 unspecified atom stereocenters. The van der Waals surface area contributed by atoms with Gasteiger partial charge < -0.3 is 9.47 Å². The SMILES string of the molecule is CCCCCCCCOC(=O)C(CCCCCCCC)CCCC(=O)OC1CCCCC1. The molecule has 0 aliphatic heterocycles. The molecule has 1 aliphatic rings. The number of rotatable bonds is 20. The summed E-state index contributed by atoms with van der Waals surface area (Å²) in [6, 6.07) is 0. The second kappa shape index (κ2) is 20.5. The van der Waals surface area contributed by atoms with E-state index in [0.29, 0.717) is 13.0 Å². The molecule has 4 nitrogen and oxygen atoms in total. The third-order valence-corrected chi connectivity index (χ3v) is 6.77. The lowest BCUT2D eigenvalue weighted by Gasteiger charge is -2.22. The van der Waals surface area contributed by atoms with Gasteiger partial charge in [-0.1, -0.05) is 90.9 Å². The molecule has 0 amide bonds. The summed E-state index contributed by atoms with van der Waals surface area (Å²) in [6.07, 6.45) is 23.0. The number of hydrogen-bond acceptors (Lipinski definition) is 4. The molecule has 0 N–H and O–H groups in total. The second-order valence-electron chi connectivity index (χ2n) is 9.83. The Hall–Kier alpha value is -1.06. The summed E-state index contributed by atoms with van der Waals surface area (Å²) in [6.45, 7) is 5.00. The average Bonchev–Trinajstić information content (AvgIpc) is 2.80. The van der Waals surface area contributed by atoms with Crippen molar-refractivity contribution in [2.75, 3.05) is 6.61 Å². The van der Waals surface area contributed by atoms with Crippen LogP contribution in [0.3, 0.4) is 0 Å². The maximum absolute atomic E-state index is 12.7. The highest BCUT2D eigenvalue weighted by Crippen LogP contribution is 2.23. The molecular formula is C28H52O4. The van der Waals surface area contributed by atoms with Gasteiger partial charge in [-0.2, -0.15) is 0 Å². The Morgan fingerprint density at radius 1 is 0.719 bits per heavy atom. The van der Waals surface area contributed by atoms with Gasteiger partial charge in [0.05, 0.1) is 12.5 Å². The maximum atomic E-state index is 12.7. The van der Waals surface area contributed by atoms with Crippen molar-refractivity contribution in [2.45, 2.75) is 155 Å². The third-order valence-electron chi connectivity index (χ3n) is 6.77. The van der Waals surface area contributed by atoms with Crippen molar-refractivity contribution >= 4 is 11.9 Å². The van der Waals surface area contributed by atoms with E-state index in [-0.39, 0.29) is 24.0 Å². The lowest BCUT2D eigenvalue weighted by Crippen LogP contribution is -2.22. The Morgan fingerprint density at radius 3 is 1.94 bits per heavy atom. The molecule has 0 bridgehead atoms. The van der Waals surface area contributed by atoms with E-state index in [1.807, 2.05) is 0 Å². The van der Waals surface area contributed by atoms with Crippen molar-refractivity contribution < 1.29 is 19.1 Å². The minimum Gasteiger partial charge on any atom is -0.465 e. The Balaban J connectivity index is 2.29. The van der Waals surface area contributed by atoms with Gasteiger partial charge in [0.1, 0.15) is 6.10 Å². The maximum Gasteiger partial charge on any atom is 0.308 e. The Labute approximate surface area is 198 Å². The van der Waals surface area contributed by atoms with Crippen LogP contribution in [0.2, 0.25) is 0 Å². The predicted molar refractivity (Wildman–Crippen MR) is 133 cm³/mol. The fourth-order valence-electron chi connectivity index (χ4n) is 4.64. The Bertz CT molecular complexity index is 456. The molecular weight excluding hydrogens is 400 g/mol. The first-order valence-corrected chi connectivity index (χ1v) is 14.0. The first-order valence-electron chi connectivity index (χ1n) is 14.0. The quantitative estimate of drug-likeness (QED) is 0.138. The molecule has 0 saturated heterocycles. The number of carbonyl (C=O) groups is 2. The van der Waals surface area contributed by atoms with Gasteiger partial charge in [-0.3, -0.25) is 9.59 Å². The fourth-order valence-corrected chi connectivity index (χ4v) is 4.64. The van der Waals surface area contributed by atoms with E-state index in [1.165, 1.54) is 77.0 Å². The normalized spacial score (nSPS) is 15.4. The lowest BCUT2D eigenvalue weighted by atomic mass is 9.94. The highest BCUT2D eigenvalue weighted by molar-refractivity contribution is 5.72. The van der Waals surface area contributed by atoms with Crippen molar-refractivity contribution in [1.29, 1.82) is 0 Å². The van der Waals surface area contributed by atoms with Gasteiger partial charge in [-0.05, 0) is 51.4 Å². The van der Waals surface area contributed by atoms with Crippen LogP contribution in [0.25, 0.3) is 0 Å². The van der Waals surface area contributed by atoms with Crippen LogP contribution in [-0.4, -0.2) is 24.6 Å².